The fourth-order valence-corrected chi connectivity index (χ4v) is 1.43. The Bertz CT molecular complexity index is 695. The molecule has 2 aromatic heterocycles. The molecule has 0 fully saturated rings. The van der Waals surface area contributed by atoms with Crippen LogP contribution in [0.25, 0.3) is 0 Å². The maximum atomic E-state index is 11.8. The van der Waals surface area contributed by atoms with Gasteiger partial charge in [-0.1, -0.05) is 0 Å². The number of nitrogens with one attached hydrogen (secondary N) is 3. The molecule has 8 heteroatoms. The van der Waals surface area contributed by atoms with Crippen molar-refractivity contribution in [3.63, 3.8) is 0 Å². The molecule has 21 heavy (non-hydrogen) atoms. The molecule has 0 atom stereocenters. The Morgan fingerprint density at radius 3 is 2.29 bits per heavy atom. The summed E-state index contributed by atoms with van der Waals surface area (Å²) in [7, 11) is 0. The van der Waals surface area contributed by atoms with Gasteiger partial charge in [-0.25, -0.2) is 4.98 Å². The van der Waals surface area contributed by atoms with Gasteiger partial charge < -0.3 is 0 Å². The summed E-state index contributed by atoms with van der Waals surface area (Å²) in [5.74, 6) is -0.936. The topological polar surface area (TPSA) is 120 Å². The molecule has 104 valence electrons. The van der Waals surface area contributed by atoms with Crippen LogP contribution in [0.2, 0.25) is 0 Å². The maximum Gasteiger partial charge on any atom is 0.266 e. The molecule has 0 unspecified atom stereocenters. The van der Waals surface area contributed by atoms with E-state index >= 15 is 0 Å². The van der Waals surface area contributed by atoms with Crippen molar-refractivity contribution in [1.29, 1.82) is 5.26 Å². The van der Waals surface area contributed by atoms with Gasteiger partial charge in [0.05, 0.1) is 0 Å². The van der Waals surface area contributed by atoms with Crippen molar-refractivity contribution in [3.05, 3.63) is 59.7 Å². The molecule has 2 amide bonds. The molecule has 0 aromatic carbocycles. The van der Waals surface area contributed by atoms with Gasteiger partial charge in [0.15, 0.2) is 0 Å². The average molecular weight is 282 g/mol. The Hall–Kier alpha value is -3.31. The molecule has 0 aliphatic rings. The van der Waals surface area contributed by atoms with Crippen LogP contribution in [0.1, 0.15) is 26.4 Å². The molecule has 0 bridgehead atoms. The third-order valence-corrected chi connectivity index (χ3v) is 2.43. The van der Waals surface area contributed by atoms with Crippen LogP contribution in [0.5, 0.6) is 0 Å². The van der Waals surface area contributed by atoms with Crippen molar-refractivity contribution in [2.24, 2.45) is 0 Å². The third kappa shape index (κ3) is 3.82. The number of nitriles is 1. The number of rotatable bonds is 4. The second-order valence-corrected chi connectivity index (χ2v) is 3.81. The van der Waals surface area contributed by atoms with E-state index in [1.807, 2.05) is 6.07 Å². The summed E-state index contributed by atoms with van der Waals surface area (Å²) in [5, 5.41) is 8.70. The van der Waals surface area contributed by atoms with Crippen LogP contribution in [0.3, 0.4) is 0 Å². The summed E-state index contributed by atoms with van der Waals surface area (Å²) in [6, 6.07) is 7.67. The van der Waals surface area contributed by atoms with Crippen LogP contribution in [0.4, 0.5) is 0 Å². The lowest BCUT2D eigenvalue weighted by atomic mass is 10.2. The molecule has 0 aliphatic carbocycles. The molecule has 2 heterocycles. The lowest BCUT2D eigenvalue weighted by Gasteiger charge is -2.08. The second-order valence-electron chi connectivity index (χ2n) is 3.81. The molecule has 0 radical (unpaired) electrons. The zero-order valence-corrected chi connectivity index (χ0v) is 10.7. The van der Waals surface area contributed by atoms with Crippen molar-refractivity contribution in [3.8, 4) is 6.07 Å². The first-order valence-corrected chi connectivity index (χ1v) is 5.82. The second kappa shape index (κ2) is 6.74. The SMILES string of the molecule is N#Cc1cc(C(=O)NNNC(=O)c2ccncc2)ccn1. The van der Waals surface area contributed by atoms with Crippen LogP contribution < -0.4 is 16.4 Å². The fraction of sp³-hybridized carbons (Fsp3) is 0. The van der Waals surface area contributed by atoms with E-state index in [0.29, 0.717) is 5.56 Å². The first kappa shape index (κ1) is 14.1. The summed E-state index contributed by atoms with van der Waals surface area (Å²) in [4.78, 5) is 31.0. The van der Waals surface area contributed by atoms with E-state index in [1.54, 1.807) is 0 Å². The van der Waals surface area contributed by atoms with Gasteiger partial charge in [0, 0.05) is 29.7 Å². The van der Waals surface area contributed by atoms with Gasteiger partial charge in [0.2, 0.25) is 0 Å². The summed E-state index contributed by atoms with van der Waals surface area (Å²) >= 11 is 0. The number of nitrogens with zero attached hydrogens (tertiary/aromatic N) is 3. The van der Waals surface area contributed by atoms with Gasteiger partial charge >= 0.3 is 0 Å². The lowest BCUT2D eigenvalue weighted by Crippen LogP contribution is -2.49. The Balaban J connectivity index is 1.87. The van der Waals surface area contributed by atoms with E-state index in [2.05, 4.69) is 26.4 Å². The molecule has 0 saturated heterocycles. The standard InChI is InChI=1S/C13H10N6O2/c14-8-11-7-10(3-6-16-11)13(21)18-19-17-12(20)9-1-4-15-5-2-9/h1-7,19H,(H,17,20)(H,18,21). The first-order chi connectivity index (χ1) is 10.2. The van der Waals surface area contributed by atoms with Crippen LogP contribution in [-0.4, -0.2) is 21.8 Å². The van der Waals surface area contributed by atoms with Crippen LogP contribution in [-0.2, 0) is 0 Å². The van der Waals surface area contributed by atoms with E-state index in [1.165, 1.54) is 42.9 Å². The van der Waals surface area contributed by atoms with Crippen LogP contribution in [0, 0.1) is 11.3 Å². The largest absolute Gasteiger partial charge is 0.269 e. The highest BCUT2D eigenvalue weighted by molar-refractivity contribution is 5.95. The van der Waals surface area contributed by atoms with Gasteiger partial charge in [-0.2, -0.15) is 5.26 Å². The highest BCUT2D eigenvalue weighted by atomic mass is 16.2. The van der Waals surface area contributed by atoms with Gasteiger partial charge in [0.1, 0.15) is 11.8 Å². The van der Waals surface area contributed by atoms with Gasteiger partial charge in [-0.15, -0.1) is 5.53 Å². The highest BCUT2D eigenvalue weighted by Crippen LogP contribution is 2.00. The predicted molar refractivity (Wildman–Crippen MR) is 71.3 cm³/mol. The van der Waals surface area contributed by atoms with Gasteiger partial charge in [0.25, 0.3) is 11.8 Å². The maximum absolute atomic E-state index is 11.8. The highest BCUT2D eigenvalue weighted by Gasteiger charge is 2.07. The summed E-state index contributed by atoms with van der Waals surface area (Å²) < 4.78 is 0. The van der Waals surface area contributed by atoms with Crippen molar-refractivity contribution in [1.82, 2.24) is 26.4 Å². The molecule has 0 aliphatic heterocycles. The fourth-order valence-electron chi connectivity index (χ4n) is 1.43. The Kier molecular flexibility index (Phi) is 4.53. The lowest BCUT2D eigenvalue weighted by molar-refractivity contribution is 0.0874. The molecule has 3 N–H and O–H groups in total. The van der Waals surface area contributed by atoms with E-state index in [9.17, 15) is 9.59 Å². The van der Waals surface area contributed by atoms with E-state index < -0.39 is 11.8 Å². The Labute approximate surface area is 119 Å². The third-order valence-electron chi connectivity index (χ3n) is 2.43. The van der Waals surface area contributed by atoms with Gasteiger partial charge in [-0.3, -0.25) is 25.4 Å². The molecular formula is C13H10N6O2. The monoisotopic (exact) mass is 282 g/mol. The molecular weight excluding hydrogens is 272 g/mol. The normalized spacial score (nSPS) is 9.48. The number of hydrogen-bond donors (Lipinski definition) is 3. The van der Waals surface area contributed by atoms with Crippen molar-refractivity contribution >= 4 is 11.8 Å². The number of pyridine rings is 2. The van der Waals surface area contributed by atoms with Gasteiger partial charge in [-0.05, 0) is 24.3 Å². The van der Waals surface area contributed by atoms with Crippen molar-refractivity contribution in [2.45, 2.75) is 0 Å². The Morgan fingerprint density at radius 1 is 1.00 bits per heavy atom. The van der Waals surface area contributed by atoms with E-state index in [4.69, 9.17) is 5.26 Å². The van der Waals surface area contributed by atoms with E-state index in [0.717, 1.165) is 0 Å². The minimum atomic E-state index is -0.510. The van der Waals surface area contributed by atoms with Crippen LogP contribution >= 0.6 is 0 Å². The number of aromatic nitrogens is 2. The molecule has 0 spiro atoms. The molecule has 8 nitrogen and oxygen atoms in total. The summed E-state index contributed by atoms with van der Waals surface area (Å²) in [6.07, 6.45) is 4.31. The zero-order chi connectivity index (χ0) is 15.1. The quantitative estimate of drug-likeness (QED) is 0.675. The summed E-state index contributed by atoms with van der Waals surface area (Å²) in [6.45, 7) is 0. The first-order valence-electron chi connectivity index (χ1n) is 5.82. The van der Waals surface area contributed by atoms with Crippen molar-refractivity contribution in [2.75, 3.05) is 0 Å². The number of carbonyl (C=O) groups excluding carboxylic acids is 2. The van der Waals surface area contributed by atoms with Crippen molar-refractivity contribution < 1.29 is 9.59 Å². The predicted octanol–water partition coefficient (Wildman–Crippen LogP) is -0.0723. The molecule has 2 rings (SSSR count). The zero-order valence-electron chi connectivity index (χ0n) is 10.7. The van der Waals surface area contributed by atoms with Crippen LogP contribution in [0.15, 0.2) is 42.9 Å². The number of hydrogen-bond acceptors (Lipinski definition) is 6. The minimum absolute atomic E-state index is 0.128. The number of carbonyl (C=O) groups is 2. The Morgan fingerprint density at radius 2 is 1.62 bits per heavy atom. The van der Waals surface area contributed by atoms with E-state index in [-0.39, 0.29) is 11.3 Å². The smallest absolute Gasteiger partial charge is 0.266 e. The molecule has 0 saturated carbocycles. The number of hydrazine groups is 2. The minimum Gasteiger partial charge on any atom is -0.269 e. The number of amides is 2. The average Bonchev–Trinajstić information content (AvgIpc) is 2.55. The molecule has 2 aromatic rings. The summed E-state index contributed by atoms with van der Waals surface area (Å²) in [5.41, 5.74) is 7.63.